The Labute approximate surface area is 177 Å². The van der Waals surface area contributed by atoms with Crippen molar-refractivity contribution in [3.63, 3.8) is 0 Å². The number of carbonyl (C=O) groups is 3. The van der Waals surface area contributed by atoms with Gasteiger partial charge in [0.25, 0.3) is 0 Å². The molecule has 0 heterocycles. The van der Waals surface area contributed by atoms with Crippen molar-refractivity contribution in [2.45, 2.75) is 32.6 Å². The number of carbonyl (C=O) groups excluding carboxylic acids is 3. The second-order valence-electron chi connectivity index (χ2n) is 7.72. The average molecular weight is 408 g/mol. The molecule has 6 heteroatoms. The van der Waals surface area contributed by atoms with Gasteiger partial charge in [-0.15, -0.1) is 0 Å². The molecule has 6 nitrogen and oxygen atoms in total. The molecule has 0 fully saturated rings. The third kappa shape index (κ3) is 5.26. The largest absolute Gasteiger partial charge is 0.449 e. The predicted octanol–water partition coefficient (Wildman–Crippen LogP) is 3.65. The summed E-state index contributed by atoms with van der Waals surface area (Å²) in [7, 11) is 0. The van der Waals surface area contributed by atoms with Gasteiger partial charge in [-0.25, -0.2) is 4.79 Å². The Kier molecular flexibility index (Phi) is 7.22. The Hall–Kier alpha value is -3.15. The van der Waals surface area contributed by atoms with Crippen molar-refractivity contribution in [1.29, 1.82) is 0 Å². The number of Topliss-reactive ketones (excluding diaryl/α,β-unsaturated/α-hetero) is 1. The number of alkyl carbamates (subject to hydrolysis) is 1. The number of ketones is 1. The van der Waals surface area contributed by atoms with Crippen LogP contribution in [0.5, 0.6) is 0 Å². The molecule has 30 heavy (non-hydrogen) atoms. The maximum absolute atomic E-state index is 12.1. The maximum atomic E-state index is 12.1. The van der Waals surface area contributed by atoms with Gasteiger partial charge in [-0.2, -0.15) is 0 Å². The van der Waals surface area contributed by atoms with Crippen molar-refractivity contribution in [3.8, 4) is 11.1 Å². The van der Waals surface area contributed by atoms with Crippen LogP contribution >= 0.6 is 0 Å². The van der Waals surface area contributed by atoms with Crippen LogP contribution in [-0.2, 0) is 14.3 Å². The number of rotatable bonds is 9. The van der Waals surface area contributed by atoms with Crippen molar-refractivity contribution in [2.24, 2.45) is 5.92 Å². The lowest BCUT2D eigenvalue weighted by Gasteiger charge is -2.14. The van der Waals surface area contributed by atoms with Crippen molar-refractivity contribution in [2.75, 3.05) is 19.7 Å². The molecule has 0 aliphatic heterocycles. The van der Waals surface area contributed by atoms with Gasteiger partial charge in [0.2, 0.25) is 5.91 Å². The Morgan fingerprint density at radius 2 is 1.43 bits per heavy atom. The van der Waals surface area contributed by atoms with Gasteiger partial charge in [-0.05, 0) is 22.3 Å². The van der Waals surface area contributed by atoms with Crippen LogP contribution in [0, 0.1) is 5.92 Å². The zero-order valence-corrected chi connectivity index (χ0v) is 17.4. The minimum atomic E-state index is -0.542. The van der Waals surface area contributed by atoms with E-state index in [4.69, 9.17) is 4.74 Å². The first-order chi connectivity index (χ1) is 14.5. The Morgan fingerprint density at radius 3 is 2.03 bits per heavy atom. The first kappa shape index (κ1) is 21.6. The fourth-order valence-corrected chi connectivity index (χ4v) is 3.63. The van der Waals surface area contributed by atoms with Crippen LogP contribution in [0.1, 0.15) is 43.7 Å². The molecular formula is C24H28N2O4. The number of fused-ring (bicyclic) bond motifs is 3. The smallest absolute Gasteiger partial charge is 0.407 e. The monoisotopic (exact) mass is 408 g/mol. The second kappa shape index (κ2) is 10.1. The Bertz CT molecular complexity index is 877. The van der Waals surface area contributed by atoms with E-state index >= 15 is 0 Å². The molecule has 0 aromatic heterocycles. The molecule has 0 atom stereocenters. The number of benzene rings is 2. The summed E-state index contributed by atoms with van der Waals surface area (Å²) in [5, 5.41) is 5.30. The highest BCUT2D eigenvalue weighted by molar-refractivity contribution is 5.82. The van der Waals surface area contributed by atoms with Crippen LogP contribution in [0.15, 0.2) is 48.5 Å². The van der Waals surface area contributed by atoms with E-state index in [1.54, 1.807) is 0 Å². The van der Waals surface area contributed by atoms with Gasteiger partial charge in [0.15, 0.2) is 0 Å². The van der Waals surface area contributed by atoms with E-state index in [-0.39, 0.29) is 43.1 Å². The lowest BCUT2D eigenvalue weighted by molar-refractivity contribution is -0.122. The first-order valence-electron chi connectivity index (χ1n) is 10.4. The first-order valence-corrected chi connectivity index (χ1v) is 10.4. The number of hydrogen-bond donors (Lipinski definition) is 2. The molecule has 0 spiro atoms. The molecule has 3 rings (SSSR count). The fraction of sp³-hybridized carbons (Fsp3) is 0.375. The average Bonchev–Trinajstić information content (AvgIpc) is 3.06. The van der Waals surface area contributed by atoms with E-state index in [1.165, 1.54) is 11.1 Å². The lowest BCUT2D eigenvalue weighted by Crippen LogP contribution is -2.32. The van der Waals surface area contributed by atoms with Gasteiger partial charge in [-0.1, -0.05) is 62.4 Å². The minimum Gasteiger partial charge on any atom is -0.449 e. The van der Waals surface area contributed by atoms with Crippen molar-refractivity contribution in [3.05, 3.63) is 59.7 Å². The summed E-state index contributed by atoms with van der Waals surface area (Å²) in [5.41, 5.74) is 4.66. The molecule has 2 aromatic carbocycles. The van der Waals surface area contributed by atoms with E-state index < -0.39 is 6.09 Å². The van der Waals surface area contributed by atoms with Crippen LogP contribution < -0.4 is 10.6 Å². The molecule has 2 amide bonds. The van der Waals surface area contributed by atoms with E-state index in [2.05, 4.69) is 34.9 Å². The molecule has 1 aliphatic rings. The van der Waals surface area contributed by atoms with Gasteiger partial charge in [0.1, 0.15) is 12.4 Å². The third-order valence-corrected chi connectivity index (χ3v) is 5.30. The zero-order chi connectivity index (χ0) is 21.5. The summed E-state index contributed by atoms with van der Waals surface area (Å²) in [4.78, 5) is 35.4. The summed E-state index contributed by atoms with van der Waals surface area (Å²) >= 11 is 0. The Balaban J connectivity index is 1.41. The summed E-state index contributed by atoms with van der Waals surface area (Å²) in [5.74, 6) is -0.111. The summed E-state index contributed by atoms with van der Waals surface area (Å²) in [6, 6.07) is 16.3. The molecule has 1 aliphatic carbocycles. The van der Waals surface area contributed by atoms with Gasteiger partial charge in [0, 0.05) is 37.8 Å². The minimum absolute atomic E-state index is 0.00458. The number of amides is 2. The highest BCUT2D eigenvalue weighted by atomic mass is 16.5. The third-order valence-electron chi connectivity index (χ3n) is 5.30. The number of ether oxygens (including phenoxy) is 1. The molecule has 2 aromatic rings. The van der Waals surface area contributed by atoms with Crippen LogP contribution in [0.25, 0.3) is 11.1 Å². The lowest BCUT2D eigenvalue weighted by atomic mass is 9.98. The molecule has 0 saturated heterocycles. The van der Waals surface area contributed by atoms with Crippen LogP contribution in [0.4, 0.5) is 4.79 Å². The maximum Gasteiger partial charge on any atom is 0.407 e. The molecule has 0 saturated carbocycles. The standard InChI is InChI=1S/C24H28N2O4/c1-16(2)22(27)11-13-25-23(28)12-14-26-24(29)30-15-21-19-9-5-3-7-17(19)18-8-4-6-10-20(18)21/h3-10,16,21H,11-15H2,1-2H3,(H,25,28)(H,26,29). The summed E-state index contributed by atoms with van der Waals surface area (Å²) in [6.07, 6.45) is -0.0804. The quantitative estimate of drug-likeness (QED) is 0.663. The molecule has 158 valence electrons. The number of nitrogens with one attached hydrogen (secondary N) is 2. The summed E-state index contributed by atoms with van der Waals surface area (Å²) < 4.78 is 5.43. The summed E-state index contributed by atoms with van der Waals surface area (Å²) in [6.45, 7) is 4.41. The van der Waals surface area contributed by atoms with Crippen molar-refractivity contribution in [1.82, 2.24) is 10.6 Å². The van der Waals surface area contributed by atoms with E-state index in [9.17, 15) is 14.4 Å². The fourth-order valence-electron chi connectivity index (χ4n) is 3.63. The van der Waals surface area contributed by atoms with Crippen LogP contribution in [0.2, 0.25) is 0 Å². The van der Waals surface area contributed by atoms with Crippen LogP contribution in [0.3, 0.4) is 0 Å². The molecule has 0 radical (unpaired) electrons. The molecule has 2 N–H and O–H groups in total. The molecule has 0 unspecified atom stereocenters. The second-order valence-corrected chi connectivity index (χ2v) is 7.72. The zero-order valence-electron chi connectivity index (χ0n) is 17.4. The highest BCUT2D eigenvalue weighted by Gasteiger charge is 2.28. The van der Waals surface area contributed by atoms with E-state index in [0.29, 0.717) is 13.0 Å². The van der Waals surface area contributed by atoms with E-state index in [1.807, 2.05) is 38.1 Å². The SMILES string of the molecule is CC(C)C(=O)CCNC(=O)CCNC(=O)OCC1c2ccccc2-c2ccccc21. The van der Waals surface area contributed by atoms with Gasteiger partial charge < -0.3 is 15.4 Å². The highest BCUT2D eigenvalue weighted by Crippen LogP contribution is 2.44. The van der Waals surface area contributed by atoms with Crippen molar-refractivity contribution >= 4 is 17.8 Å². The van der Waals surface area contributed by atoms with Crippen molar-refractivity contribution < 1.29 is 19.1 Å². The van der Waals surface area contributed by atoms with Crippen LogP contribution in [-0.4, -0.2) is 37.5 Å². The van der Waals surface area contributed by atoms with Gasteiger partial charge in [-0.3, -0.25) is 9.59 Å². The van der Waals surface area contributed by atoms with Gasteiger partial charge >= 0.3 is 6.09 Å². The molecule has 0 bridgehead atoms. The predicted molar refractivity (Wildman–Crippen MR) is 115 cm³/mol. The topological polar surface area (TPSA) is 84.5 Å². The Morgan fingerprint density at radius 1 is 0.867 bits per heavy atom. The molecular weight excluding hydrogens is 380 g/mol. The number of hydrogen-bond acceptors (Lipinski definition) is 4. The normalized spacial score (nSPS) is 12.2. The van der Waals surface area contributed by atoms with Gasteiger partial charge in [0.05, 0.1) is 0 Å². The van der Waals surface area contributed by atoms with E-state index in [0.717, 1.165) is 11.1 Å².